The lowest BCUT2D eigenvalue weighted by Gasteiger charge is -2.13. The van der Waals surface area contributed by atoms with Crippen molar-refractivity contribution in [2.45, 2.75) is 10.9 Å². The van der Waals surface area contributed by atoms with E-state index in [0.717, 1.165) is 16.4 Å². The number of benzene rings is 2. The third kappa shape index (κ3) is 3.28. The zero-order valence-electron chi connectivity index (χ0n) is 10.4. The highest BCUT2D eigenvalue weighted by atomic mass is 32.2. The number of methoxy groups -OCH3 is 1. The van der Waals surface area contributed by atoms with Crippen molar-refractivity contribution in [1.29, 1.82) is 0 Å². The normalized spacial score (nSPS) is 12.1. The van der Waals surface area contributed by atoms with Crippen LogP contribution in [0.2, 0.25) is 0 Å². The highest BCUT2D eigenvalue weighted by Crippen LogP contribution is 2.30. The molecule has 2 N–H and O–H groups in total. The molecule has 0 amide bonds. The summed E-state index contributed by atoms with van der Waals surface area (Å²) in [6.07, 6.45) is 0. The first-order valence-corrected chi connectivity index (χ1v) is 6.86. The summed E-state index contributed by atoms with van der Waals surface area (Å²) in [6.45, 7) is 0. The van der Waals surface area contributed by atoms with Gasteiger partial charge in [0.25, 0.3) is 0 Å². The molecular weight excluding hydrogens is 242 g/mol. The molecule has 0 saturated carbocycles. The zero-order chi connectivity index (χ0) is 12.8. The van der Waals surface area contributed by atoms with Crippen molar-refractivity contribution in [3.8, 4) is 5.75 Å². The summed E-state index contributed by atoms with van der Waals surface area (Å²) in [5.74, 6) is 1.74. The van der Waals surface area contributed by atoms with E-state index in [9.17, 15) is 0 Å². The van der Waals surface area contributed by atoms with Crippen molar-refractivity contribution in [2.75, 3.05) is 12.9 Å². The molecule has 94 valence electrons. The molecule has 2 rings (SSSR count). The second kappa shape index (κ2) is 6.47. The number of nitrogens with two attached hydrogens (primary N) is 1. The van der Waals surface area contributed by atoms with Gasteiger partial charge in [0.05, 0.1) is 7.11 Å². The lowest BCUT2D eigenvalue weighted by molar-refractivity contribution is 0.405. The van der Waals surface area contributed by atoms with Crippen molar-refractivity contribution < 1.29 is 4.74 Å². The van der Waals surface area contributed by atoms with Gasteiger partial charge in [-0.05, 0) is 17.7 Å². The van der Waals surface area contributed by atoms with Crippen LogP contribution in [-0.4, -0.2) is 12.9 Å². The molecule has 1 unspecified atom stereocenters. The molecule has 0 heterocycles. The van der Waals surface area contributed by atoms with Crippen molar-refractivity contribution in [2.24, 2.45) is 5.73 Å². The molecule has 0 spiro atoms. The van der Waals surface area contributed by atoms with Crippen LogP contribution in [0.5, 0.6) is 5.75 Å². The van der Waals surface area contributed by atoms with Crippen LogP contribution in [0.4, 0.5) is 0 Å². The van der Waals surface area contributed by atoms with E-state index < -0.39 is 0 Å². The van der Waals surface area contributed by atoms with Crippen molar-refractivity contribution in [3.63, 3.8) is 0 Å². The maximum Gasteiger partial charge on any atom is 0.132 e. The van der Waals surface area contributed by atoms with E-state index in [1.807, 2.05) is 36.4 Å². The predicted octanol–water partition coefficient (Wildman–Crippen LogP) is 3.49. The van der Waals surface area contributed by atoms with Crippen LogP contribution < -0.4 is 10.5 Å². The van der Waals surface area contributed by atoms with Gasteiger partial charge in [0.1, 0.15) is 5.75 Å². The van der Waals surface area contributed by atoms with E-state index in [2.05, 4.69) is 18.2 Å². The summed E-state index contributed by atoms with van der Waals surface area (Å²) >= 11 is 1.72. The highest BCUT2D eigenvalue weighted by Gasteiger charge is 2.08. The van der Waals surface area contributed by atoms with Gasteiger partial charge >= 0.3 is 0 Å². The molecule has 0 radical (unpaired) electrons. The monoisotopic (exact) mass is 259 g/mol. The minimum Gasteiger partial charge on any atom is -0.496 e. The average molecular weight is 259 g/mol. The molecule has 0 aliphatic heterocycles. The third-order valence-electron chi connectivity index (χ3n) is 2.72. The molecular formula is C15H17NOS. The van der Waals surface area contributed by atoms with Gasteiger partial charge in [-0.3, -0.25) is 0 Å². The Bertz CT molecular complexity index is 487. The van der Waals surface area contributed by atoms with Crippen LogP contribution in [0.3, 0.4) is 0 Å². The first-order chi connectivity index (χ1) is 8.81. The maximum absolute atomic E-state index is 6.17. The summed E-state index contributed by atoms with van der Waals surface area (Å²) in [7, 11) is 1.69. The van der Waals surface area contributed by atoms with Crippen LogP contribution >= 0.6 is 11.8 Å². The zero-order valence-corrected chi connectivity index (χ0v) is 11.2. The minimum absolute atomic E-state index is 0.0427. The maximum atomic E-state index is 6.17. The fourth-order valence-corrected chi connectivity index (χ4v) is 2.73. The van der Waals surface area contributed by atoms with Crippen LogP contribution in [0, 0.1) is 0 Å². The first kappa shape index (κ1) is 13.0. The number of para-hydroxylation sites is 1. The fraction of sp³-hybridized carbons (Fsp3) is 0.200. The Hall–Kier alpha value is -1.45. The molecule has 2 nitrogen and oxygen atoms in total. The van der Waals surface area contributed by atoms with E-state index in [4.69, 9.17) is 10.5 Å². The molecule has 0 aromatic heterocycles. The summed E-state index contributed by atoms with van der Waals surface area (Å²) in [5.41, 5.74) is 7.34. The van der Waals surface area contributed by atoms with Gasteiger partial charge in [-0.1, -0.05) is 42.5 Å². The molecule has 2 aromatic rings. The number of hydrogen-bond donors (Lipinski definition) is 1. The van der Waals surface area contributed by atoms with E-state index >= 15 is 0 Å². The van der Waals surface area contributed by atoms with E-state index in [0.29, 0.717) is 0 Å². The first-order valence-electron chi connectivity index (χ1n) is 5.87. The number of hydrogen-bond acceptors (Lipinski definition) is 3. The Morgan fingerprint density at radius 3 is 2.44 bits per heavy atom. The van der Waals surface area contributed by atoms with Crippen molar-refractivity contribution in [3.05, 3.63) is 60.2 Å². The smallest absolute Gasteiger partial charge is 0.132 e. The van der Waals surface area contributed by atoms with Gasteiger partial charge in [-0.25, -0.2) is 0 Å². The average Bonchev–Trinajstić information content (AvgIpc) is 2.46. The fourth-order valence-electron chi connectivity index (χ4n) is 1.71. The molecule has 0 saturated heterocycles. The van der Waals surface area contributed by atoms with Gasteiger partial charge < -0.3 is 10.5 Å². The van der Waals surface area contributed by atoms with E-state index in [1.165, 1.54) is 5.56 Å². The topological polar surface area (TPSA) is 35.2 Å². The van der Waals surface area contributed by atoms with Gasteiger partial charge in [-0.15, -0.1) is 11.8 Å². The van der Waals surface area contributed by atoms with E-state index in [-0.39, 0.29) is 6.04 Å². The Balaban J connectivity index is 1.99. The molecule has 2 aromatic carbocycles. The van der Waals surface area contributed by atoms with Gasteiger partial charge in [-0.2, -0.15) is 0 Å². The standard InChI is InChI=1S/C15H17NOS/c1-17-14-9-5-6-10-15(14)18-11-13(16)12-7-3-2-4-8-12/h2-10,13H,11,16H2,1H3. The van der Waals surface area contributed by atoms with Gasteiger partial charge in [0, 0.05) is 16.7 Å². The Morgan fingerprint density at radius 2 is 1.72 bits per heavy atom. The Morgan fingerprint density at radius 1 is 1.06 bits per heavy atom. The van der Waals surface area contributed by atoms with Crippen molar-refractivity contribution >= 4 is 11.8 Å². The van der Waals surface area contributed by atoms with E-state index in [1.54, 1.807) is 18.9 Å². The number of ether oxygens (including phenoxy) is 1. The molecule has 3 heteroatoms. The second-order valence-corrected chi connectivity index (χ2v) is 5.04. The van der Waals surface area contributed by atoms with Crippen molar-refractivity contribution in [1.82, 2.24) is 0 Å². The minimum atomic E-state index is 0.0427. The Kier molecular flexibility index (Phi) is 4.67. The lowest BCUT2D eigenvalue weighted by atomic mass is 10.1. The largest absolute Gasteiger partial charge is 0.496 e. The van der Waals surface area contributed by atoms with Gasteiger partial charge in [0.15, 0.2) is 0 Å². The summed E-state index contributed by atoms with van der Waals surface area (Å²) in [5, 5.41) is 0. The molecule has 0 fully saturated rings. The predicted molar refractivity (Wildman–Crippen MR) is 77.1 cm³/mol. The quantitative estimate of drug-likeness (QED) is 0.835. The number of rotatable bonds is 5. The van der Waals surface area contributed by atoms with Gasteiger partial charge in [0.2, 0.25) is 0 Å². The lowest BCUT2D eigenvalue weighted by Crippen LogP contribution is -2.12. The summed E-state index contributed by atoms with van der Waals surface area (Å²) in [4.78, 5) is 1.13. The van der Waals surface area contributed by atoms with Crippen LogP contribution in [0.25, 0.3) is 0 Å². The molecule has 18 heavy (non-hydrogen) atoms. The SMILES string of the molecule is COc1ccccc1SCC(N)c1ccccc1. The number of thioether (sulfide) groups is 1. The second-order valence-electron chi connectivity index (χ2n) is 3.98. The van der Waals surface area contributed by atoms with Crippen LogP contribution in [-0.2, 0) is 0 Å². The molecule has 0 bridgehead atoms. The summed E-state index contributed by atoms with van der Waals surface area (Å²) in [6, 6.07) is 18.2. The summed E-state index contributed by atoms with van der Waals surface area (Å²) < 4.78 is 5.32. The van der Waals surface area contributed by atoms with Crippen LogP contribution in [0.15, 0.2) is 59.5 Å². The molecule has 0 aliphatic carbocycles. The molecule has 0 aliphatic rings. The molecule has 1 atom stereocenters. The van der Waals surface area contributed by atoms with Crippen LogP contribution in [0.1, 0.15) is 11.6 Å². The third-order valence-corrected chi connectivity index (χ3v) is 3.89. The highest BCUT2D eigenvalue weighted by molar-refractivity contribution is 7.99. The Labute approximate surface area is 112 Å².